The van der Waals surface area contributed by atoms with Crippen LogP contribution in [-0.4, -0.2) is 35.2 Å². The molecule has 0 spiro atoms. The zero-order valence-corrected chi connectivity index (χ0v) is 11.7. The van der Waals surface area contributed by atoms with Crippen molar-refractivity contribution in [1.29, 1.82) is 0 Å². The molecule has 5 heteroatoms. The second-order valence-corrected chi connectivity index (χ2v) is 5.40. The summed E-state index contributed by atoms with van der Waals surface area (Å²) in [5, 5.41) is 13.4. The van der Waals surface area contributed by atoms with Gasteiger partial charge >= 0.3 is 6.03 Å². The van der Waals surface area contributed by atoms with Crippen molar-refractivity contribution in [3.63, 3.8) is 0 Å². The van der Waals surface area contributed by atoms with Crippen molar-refractivity contribution in [2.24, 2.45) is 0 Å². The maximum Gasteiger partial charge on any atom is 0.321 e. The fraction of sp³-hybridized carbons (Fsp3) is 0.500. The van der Waals surface area contributed by atoms with Crippen LogP contribution in [0.15, 0.2) is 24.3 Å². The number of hydrogen-bond donors (Lipinski definition) is 2. The van der Waals surface area contributed by atoms with Crippen LogP contribution in [0.1, 0.15) is 25.7 Å². The van der Waals surface area contributed by atoms with Crippen LogP contribution >= 0.6 is 11.6 Å². The van der Waals surface area contributed by atoms with Crippen LogP contribution in [0.5, 0.6) is 0 Å². The average Bonchev–Trinajstić information content (AvgIpc) is 2.41. The molecule has 0 unspecified atom stereocenters. The number of benzene rings is 1. The number of carbonyl (C=O) groups is 1. The number of hydrogen-bond acceptors (Lipinski definition) is 2. The smallest absolute Gasteiger partial charge is 0.321 e. The van der Waals surface area contributed by atoms with Crippen LogP contribution in [0.25, 0.3) is 0 Å². The maximum absolute atomic E-state index is 12.1. The predicted octanol–water partition coefficient (Wildman–Crippen LogP) is 3.11. The summed E-state index contributed by atoms with van der Waals surface area (Å²) in [4.78, 5) is 13.7. The Labute approximate surface area is 118 Å². The number of halogens is 1. The highest BCUT2D eigenvalue weighted by Crippen LogP contribution is 2.23. The van der Waals surface area contributed by atoms with Crippen LogP contribution in [0.2, 0.25) is 5.02 Å². The standard InChI is InChI=1S/C14H19ClN2O2/c1-17(12-4-2-3-5-13(12)18)14(19)16-11-8-6-10(15)7-9-11/h6-9,12-13,18H,2-5H2,1H3,(H,16,19)/t12-,13+/m1/s1. The molecule has 0 bridgehead atoms. The molecule has 1 saturated carbocycles. The number of urea groups is 1. The molecule has 0 aromatic heterocycles. The Hall–Kier alpha value is -1.26. The molecule has 1 aromatic rings. The van der Waals surface area contributed by atoms with Gasteiger partial charge in [-0.1, -0.05) is 24.4 Å². The summed E-state index contributed by atoms with van der Waals surface area (Å²) in [7, 11) is 1.73. The molecule has 0 aliphatic heterocycles. The topological polar surface area (TPSA) is 52.6 Å². The van der Waals surface area contributed by atoms with Gasteiger partial charge in [-0.3, -0.25) is 0 Å². The van der Waals surface area contributed by atoms with Crippen LogP contribution in [0.4, 0.5) is 10.5 Å². The fourth-order valence-corrected chi connectivity index (χ4v) is 2.56. The zero-order valence-electron chi connectivity index (χ0n) is 11.0. The zero-order chi connectivity index (χ0) is 13.8. The Balaban J connectivity index is 1.96. The summed E-state index contributed by atoms with van der Waals surface area (Å²) >= 11 is 5.80. The van der Waals surface area contributed by atoms with Crippen LogP contribution in [0, 0.1) is 0 Å². The minimum atomic E-state index is -0.422. The first-order valence-corrected chi connectivity index (χ1v) is 6.93. The van der Waals surface area contributed by atoms with Gasteiger partial charge in [0, 0.05) is 17.8 Å². The summed E-state index contributed by atoms with van der Waals surface area (Å²) < 4.78 is 0. The molecular weight excluding hydrogens is 264 g/mol. The lowest BCUT2D eigenvalue weighted by atomic mass is 9.92. The van der Waals surface area contributed by atoms with E-state index in [0.29, 0.717) is 10.7 Å². The van der Waals surface area contributed by atoms with Gasteiger partial charge in [-0.05, 0) is 37.1 Å². The van der Waals surface area contributed by atoms with E-state index in [2.05, 4.69) is 5.32 Å². The second kappa shape index (κ2) is 6.26. The van der Waals surface area contributed by atoms with E-state index >= 15 is 0 Å². The Kier molecular flexibility index (Phi) is 4.66. The summed E-state index contributed by atoms with van der Waals surface area (Å²) in [6, 6.07) is 6.67. The predicted molar refractivity (Wildman–Crippen MR) is 76.5 cm³/mol. The van der Waals surface area contributed by atoms with E-state index in [1.54, 1.807) is 36.2 Å². The fourth-order valence-electron chi connectivity index (χ4n) is 2.44. The highest BCUT2D eigenvalue weighted by atomic mass is 35.5. The molecular formula is C14H19ClN2O2. The highest BCUT2D eigenvalue weighted by molar-refractivity contribution is 6.30. The van der Waals surface area contributed by atoms with Crippen molar-refractivity contribution in [1.82, 2.24) is 4.90 Å². The largest absolute Gasteiger partial charge is 0.391 e. The number of anilines is 1. The maximum atomic E-state index is 12.1. The number of aliphatic hydroxyl groups excluding tert-OH is 1. The summed E-state index contributed by atoms with van der Waals surface area (Å²) in [5.74, 6) is 0. The van der Waals surface area contributed by atoms with Crippen molar-refractivity contribution >= 4 is 23.3 Å². The third-order valence-electron chi connectivity index (χ3n) is 3.61. The highest BCUT2D eigenvalue weighted by Gasteiger charge is 2.29. The van der Waals surface area contributed by atoms with Crippen LogP contribution in [-0.2, 0) is 0 Å². The lowest BCUT2D eigenvalue weighted by Crippen LogP contribution is -2.47. The molecule has 4 nitrogen and oxygen atoms in total. The van der Waals surface area contributed by atoms with Gasteiger partial charge in [0.15, 0.2) is 0 Å². The van der Waals surface area contributed by atoms with E-state index in [0.717, 1.165) is 25.7 Å². The first kappa shape index (κ1) is 14.2. The number of rotatable bonds is 2. The summed E-state index contributed by atoms with van der Waals surface area (Å²) in [6.45, 7) is 0. The third-order valence-corrected chi connectivity index (χ3v) is 3.86. The van der Waals surface area contributed by atoms with E-state index in [1.807, 2.05) is 0 Å². The molecule has 104 valence electrons. The molecule has 0 heterocycles. The quantitative estimate of drug-likeness (QED) is 0.876. The molecule has 19 heavy (non-hydrogen) atoms. The number of amides is 2. The Bertz CT molecular complexity index is 436. The number of nitrogens with zero attached hydrogens (tertiary/aromatic N) is 1. The average molecular weight is 283 g/mol. The molecule has 1 fully saturated rings. The van der Waals surface area contributed by atoms with Gasteiger partial charge in [0.25, 0.3) is 0 Å². The minimum absolute atomic E-state index is 0.0962. The summed E-state index contributed by atoms with van der Waals surface area (Å²) in [6.07, 6.45) is 3.29. The number of aliphatic hydroxyl groups is 1. The molecule has 0 saturated heterocycles. The van der Waals surface area contributed by atoms with Crippen molar-refractivity contribution in [2.75, 3.05) is 12.4 Å². The molecule has 0 radical (unpaired) electrons. The van der Waals surface area contributed by atoms with Gasteiger partial charge in [-0.15, -0.1) is 0 Å². The molecule has 1 aliphatic carbocycles. The van der Waals surface area contributed by atoms with E-state index in [-0.39, 0.29) is 12.1 Å². The minimum Gasteiger partial charge on any atom is -0.391 e. The Morgan fingerprint density at radius 3 is 2.58 bits per heavy atom. The van der Waals surface area contributed by atoms with Gasteiger partial charge in [0.05, 0.1) is 12.1 Å². The Morgan fingerprint density at radius 2 is 1.95 bits per heavy atom. The van der Waals surface area contributed by atoms with Crippen LogP contribution in [0.3, 0.4) is 0 Å². The monoisotopic (exact) mass is 282 g/mol. The molecule has 2 rings (SSSR count). The number of nitrogens with one attached hydrogen (secondary N) is 1. The second-order valence-electron chi connectivity index (χ2n) is 4.97. The summed E-state index contributed by atoms with van der Waals surface area (Å²) in [5.41, 5.74) is 0.701. The normalized spacial score (nSPS) is 22.9. The molecule has 2 amide bonds. The van der Waals surface area contributed by atoms with Gasteiger partial charge < -0.3 is 15.3 Å². The molecule has 2 atom stereocenters. The lowest BCUT2D eigenvalue weighted by Gasteiger charge is -2.35. The van der Waals surface area contributed by atoms with Gasteiger partial charge in [0.1, 0.15) is 0 Å². The van der Waals surface area contributed by atoms with Gasteiger partial charge in [0.2, 0.25) is 0 Å². The number of likely N-dealkylation sites (N-methyl/N-ethyl adjacent to an activating group) is 1. The molecule has 1 aromatic carbocycles. The van der Waals surface area contributed by atoms with E-state index in [1.165, 1.54) is 0 Å². The van der Waals surface area contributed by atoms with Crippen LogP contribution < -0.4 is 5.32 Å². The molecule has 2 N–H and O–H groups in total. The van der Waals surface area contributed by atoms with Crippen molar-refractivity contribution < 1.29 is 9.90 Å². The third kappa shape index (κ3) is 3.61. The first-order chi connectivity index (χ1) is 9.08. The number of carbonyl (C=O) groups excluding carboxylic acids is 1. The SMILES string of the molecule is CN(C(=O)Nc1ccc(Cl)cc1)[C@@H]1CCCC[C@@H]1O. The van der Waals surface area contributed by atoms with E-state index in [9.17, 15) is 9.90 Å². The van der Waals surface area contributed by atoms with Crippen molar-refractivity contribution in [3.8, 4) is 0 Å². The van der Waals surface area contributed by atoms with E-state index in [4.69, 9.17) is 11.6 Å². The van der Waals surface area contributed by atoms with Crippen molar-refractivity contribution in [2.45, 2.75) is 37.8 Å². The van der Waals surface area contributed by atoms with Crippen molar-refractivity contribution in [3.05, 3.63) is 29.3 Å². The molecule has 1 aliphatic rings. The first-order valence-electron chi connectivity index (χ1n) is 6.55. The van der Waals surface area contributed by atoms with Gasteiger partial charge in [-0.25, -0.2) is 4.79 Å². The van der Waals surface area contributed by atoms with Gasteiger partial charge in [-0.2, -0.15) is 0 Å². The van der Waals surface area contributed by atoms with E-state index < -0.39 is 6.10 Å². The Morgan fingerprint density at radius 1 is 1.32 bits per heavy atom. The lowest BCUT2D eigenvalue weighted by molar-refractivity contribution is 0.0494.